The SMILES string of the molecule is CCC(C)(C)C(=O)N(CC(=O)O)c1ccccc1.CCCCOC(=O)C(C)(C)CC.CCCN1C(=O)C1N(CC(=O)Nc1ccccc1)c1ccccc1.CCOC(=O)CNc1ccccc1.O=C1CC(=O)OC2(CCCCC2)O1.O=C1OC(=O)C2CCCCC12. The minimum atomic E-state index is -1.01. The minimum Gasteiger partial charge on any atom is -0.480 e. The normalized spacial score (nSPS) is 17.5. The van der Waals surface area contributed by atoms with E-state index in [-0.39, 0.29) is 91.1 Å². The number of nitrogens with zero attached hydrogens (tertiary/aromatic N) is 3. The number of unbranched alkanes of at least 4 members (excludes halogenated alkanes) is 1. The third-order valence-corrected chi connectivity index (χ3v) is 15.8. The van der Waals surface area contributed by atoms with Gasteiger partial charge in [-0.05, 0) is 121 Å². The van der Waals surface area contributed by atoms with Gasteiger partial charge < -0.3 is 54.1 Å². The highest BCUT2D eigenvalue weighted by Crippen LogP contribution is 2.37. The Bertz CT molecular complexity index is 2920. The van der Waals surface area contributed by atoms with Gasteiger partial charge in [0.05, 0.1) is 37.0 Å². The van der Waals surface area contributed by atoms with Crippen LogP contribution in [-0.4, -0.2) is 121 Å². The Hall–Kier alpha value is -8.62. The van der Waals surface area contributed by atoms with Crippen molar-refractivity contribution in [3.63, 3.8) is 0 Å². The van der Waals surface area contributed by atoms with Gasteiger partial charge in [-0.15, -0.1) is 0 Å². The van der Waals surface area contributed by atoms with Crippen LogP contribution in [0.5, 0.6) is 0 Å². The zero-order chi connectivity index (χ0) is 67.0. The Balaban J connectivity index is 0.000000239. The number of carbonyl (C=O) groups is 10. The van der Waals surface area contributed by atoms with Crippen LogP contribution in [0.2, 0.25) is 0 Å². The molecule has 0 aromatic heterocycles. The lowest BCUT2D eigenvalue weighted by molar-refractivity contribution is -0.252. The number of aliphatic carboxylic acids is 1. The van der Waals surface area contributed by atoms with E-state index in [4.69, 9.17) is 24.1 Å². The van der Waals surface area contributed by atoms with Gasteiger partial charge in [-0.3, -0.25) is 47.9 Å². The topological polar surface area (TPSA) is 271 Å². The Morgan fingerprint density at radius 1 is 0.626 bits per heavy atom. The number of hydrogen-bond donors (Lipinski definition) is 3. The van der Waals surface area contributed by atoms with Gasteiger partial charge in [0.2, 0.25) is 11.8 Å². The van der Waals surface area contributed by atoms with Gasteiger partial charge in [-0.1, -0.05) is 140 Å². The maximum absolute atomic E-state index is 12.4. The summed E-state index contributed by atoms with van der Waals surface area (Å²) in [5, 5.41) is 14.8. The number of nitrogens with one attached hydrogen (secondary N) is 2. The van der Waals surface area contributed by atoms with Crippen molar-refractivity contribution in [2.75, 3.05) is 59.8 Å². The fourth-order valence-electron chi connectivity index (χ4n) is 9.79. The summed E-state index contributed by atoms with van der Waals surface area (Å²) >= 11 is 0. The molecule has 21 nitrogen and oxygen atoms in total. The van der Waals surface area contributed by atoms with E-state index in [0.29, 0.717) is 44.7 Å². The third kappa shape index (κ3) is 25.3. The number of para-hydroxylation sites is 4. The minimum absolute atomic E-state index is 0.0709. The van der Waals surface area contributed by atoms with Crippen LogP contribution in [0.15, 0.2) is 121 Å². The maximum atomic E-state index is 12.4. The van der Waals surface area contributed by atoms with Crippen LogP contribution < -0.4 is 20.4 Å². The van der Waals surface area contributed by atoms with E-state index in [1.165, 1.54) is 4.90 Å². The molecule has 2 aliphatic carbocycles. The number of carbonyl (C=O) groups excluding carboxylic acids is 9. The summed E-state index contributed by atoms with van der Waals surface area (Å²) in [6.07, 6.45) is 12.0. The number of anilines is 4. The highest BCUT2D eigenvalue weighted by atomic mass is 16.7. The van der Waals surface area contributed by atoms with Gasteiger partial charge in [0.25, 0.3) is 11.7 Å². The predicted octanol–water partition coefficient (Wildman–Crippen LogP) is 11.7. The summed E-state index contributed by atoms with van der Waals surface area (Å²) in [6, 6.07) is 37.4. The number of benzene rings is 4. The van der Waals surface area contributed by atoms with E-state index in [1.807, 2.05) is 150 Å². The molecule has 3 amide bonds. The van der Waals surface area contributed by atoms with Gasteiger partial charge in [0, 0.05) is 47.6 Å². The first kappa shape index (κ1) is 74.8. The largest absolute Gasteiger partial charge is 0.480 e. The Kier molecular flexibility index (Phi) is 31.4. The van der Waals surface area contributed by atoms with Crippen molar-refractivity contribution in [3.8, 4) is 0 Å². The molecule has 4 aromatic carbocycles. The molecule has 0 bridgehead atoms. The molecule has 9 rings (SSSR count). The predicted molar refractivity (Wildman–Crippen MR) is 346 cm³/mol. The molecular formula is C70H95N5O16. The van der Waals surface area contributed by atoms with Gasteiger partial charge in [0.1, 0.15) is 19.5 Å². The fourth-order valence-corrected chi connectivity index (χ4v) is 9.79. The van der Waals surface area contributed by atoms with Crippen LogP contribution in [0.1, 0.15) is 159 Å². The second-order valence-electron chi connectivity index (χ2n) is 23.7. The first-order chi connectivity index (χ1) is 43.4. The van der Waals surface area contributed by atoms with Crippen molar-refractivity contribution in [1.29, 1.82) is 0 Å². The van der Waals surface area contributed by atoms with Crippen LogP contribution in [0.3, 0.4) is 0 Å². The number of rotatable bonds is 21. The molecule has 5 aliphatic rings. The average Bonchev–Trinajstić information content (AvgIpc) is 1.66. The average molecular weight is 1260 g/mol. The number of carboxylic acid groups (broad SMARTS) is 1. The molecule has 0 radical (unpaired) electrons. The fraction of sp³-hybridized carbons (Fsp3) is 0.514. The Morgan fingerprint density at radius 2 is 1.13 bits per heavy atom. The van der Waals surface area contributed by atoms with E-state index in [0.717, 1.165) is 87.7 Å². The Labute approximate surface area is 536 Å². The smallest absolute Gasteiger partial charge is 0.325 e. The molecule has 5 fully saturated rings. The maximum Gasteiger partial charge on any atom is 0.325 e. The van der Waals surface area contributed by atoms with Crippen molar-refractivity contribution >= 4 is 82.3 Å². The second kappa shape index (κ2) is 38.2. The van der Waals surface area contributed by atoms with Crippen LogP contribution in [-0.2, 0) is 71.6 Å². The first-order valence-corrected chi connectivity index (χ1v) is 31.8. The summed E-state index contributed by atoms with van der Waals surface area (Å²) in [7, 11) is 0. The monoisotopic (exact) mass is 1260 g/mol. The van der Waals surface area contributed by atoms with Crippen LogP contribution >= 0.6 is 0 Å². The van der Waals surface area contributed by atoms with Gasteiger partial charge in [-0.2, -0.15) is 0 Å². The van der Waals surface area contributed by atoms with Crippen LogP contribution in [0.25, 0.3) is 0 Å². The molecule has 3 saturated heterocycles. The van der Waals surface area contributed by atoms with E-state index < -0.39 is 29.1 Å². The lowest BCUT2D eigenvalue weighted by Crippen LogP contribution is -2.46. The van der Waals surface area contributed by atoms with Gasteiger partial charge in [-0.25, -0.2) is 0 Å². The molecule has 2 saturated carbocycles. The number of amides is 3. The number of cyclic esters (lactones) is 2. The van der Waals surface area contributed by atoms with E-state index in [9.17, 15) is 47.9 Å². The lowest BCUT2D eigenvalue weighted by atomic mass is 9.81. The summed E-state index contributed by atoms with van der Waals surface area (Å²) in [6.45, 7) is 19.1. The van der Waals surface area contributed by atoms with Crippen molar-refractivity contribution in [1.82, 2.24) is 4.90 Å². The highest BCUT2D eigenvalue weighted by molar-refractivity contribution is 6.03. The van der Waals surface area contributed by atoms with Gasteiger partial charge in [0.15, 0.2) is 6.17 Å². The molecule has 1 spiro atoms. The molecule has 3 heterocycles. The molecule has 4 aromatic rings. The molecular weight excluding hydrogens is 1170 g/mol. The van der Waals surface area contributed by atoms with E-state index in [1.54, 1.807) is 36.1 Å². The molecule has 3 N–H and O–H groups in total. The highest BCUT2D eigenvalue weighted by Gasteiger charge is 2.50. The molecule has 3 unspecified atom stereocenters. The summed E-state index contributed by atoms with van der Waals surface area (Å²) < 4.78 is 24.6. The first-order valence-electron chi connectivity index (χ1n) is 31.8. The summed E-state index contributed by atoms with van der Waals surface area (Å²) in [5.41, 5.74) is 2.29. The number of hydrogen-bond acceptors (Lipinski definition) is 17. The zero-order valence-electron chi connectivity index (χ0n) is 54.5. The quantitative estimate of drug-likeness (QED) is 0.0230. The number of carboxylic acids is 1. The summed E-state index contributed by atoms with van der Waals surface area (Å²) in [5.74, 6) is -4.12. The zero-order valence-corrected chi connectivity index (χ0v) is 54.5. The van der Waals surface area contributed by atoms with Crippen molar-refractivity contribution in [3.05, 3.63) is 121 Å². The molecule has 91 heavy (non-hydrogen) atoms. The Morgan fingerprint density at radius 3 is 1.62 bits per heavy atom. The van der Waals surface area contributed by atoms with Crippen LogP contribution in [0, 0.1) is 22.7 Å². The van der Waals surface area contributed by atoms with Crippen molar-refractivity contribution < 1.29 is 76.7 Å². The number of esters is 6. The summed E-state index contributed by atoms with van der Waals surface area (Å²) in [4.78, 5) is 119. The standard InChI is InChI=1S/C19H21N3O2.C14H19NO3.C10H13NO2.C10H20O2.C9H12O4.C8H10O3/c1-2-13-21-18(19(21)24)22(16-11-7-4-8-12-16)14-17(23)20-15-9-5-3-6-10-15;1-4-14(2,3)13(18)15(10-12(16)17)11-8-6-5-7-9-11;1-2-13-10(12)8-11-9-6-4-3-5-7-9;1-5-7-8-12-9(11)10(3,4)6-2;10-7-6-8(11)13-9(12-7)4-2-1-3-5-9;9-7-5-3-1-2-4-6(5)8(10)11-7/h3-12,18H,2,13-14H2,1H3,(H,20,23);5-9H,4,10H2,1-3H3,(H,16,17);3-7,11H,2,8H2,1H3;5-8H2,1-4H3;1-6H2;5-6H,1-4H2. The lowest BCUT2D eigenvalue weighted by Gasteiger charge is -2.38. The number of ether oxygens (including phenoxy) is 5. The molecule has 496 valence electrons. The number of fused-ring (bicyclic) bond motifs is 1. The third-order valence-electron chi connectivity index (χ3n) is 15.8. The van der Waals surface area contributed by atoms with Crippen molar-refractivity contribution in [2.24, 2.45) is 22.7 Å². The van der Waals surface area contributed by atoms with Gasteiger partial charge >= 0.3 is 41.8 Å². The van der Waals surface area contributed by atoms with E-state index in [2.05, 4.69) is 22.3 Å². The molecule has 3 atom stereocenters. The molecule has 21 heteroatoms. The molecule has 3 aliphatic heterocycles. The van der Waals surface area contributed by atoms with Crippen molar-refractivity contribution in [2.45, 2.75) is 171 Å². The van der Waals surface area contributed by atoms with Crippen LogP contribution in [0.4, 0.5) is 22.7 Å². The van der Waals surface area contributed by atoms with E-state index >= 15 is 0 Å². The second-order valence-corrected chi connectivity index (χ2v) is 23.7.